The van der Waals surface area contributed by atoms with Crippen LogP contribution < -0.4 is 0 Å². The van der Waals surface area contributed by atoms with Crippen LogP contribution in [-0.2, 0) is 14.3 Å². The Kier molecular flexibility index (Phi) is 1.81. The van der Waals surface area contributed by atoms with E-state index in [9.17, 15) is 14.7 Å². The summed E-state index contributed by atoms with van der Waals surface area (Å²) in [6.07, 6.45) is 0.800. The van der Waals surface area contributed by atoms with E-state index in [2.05, 4.69) is 13.5 Å². The quantitative estimate of drug-likeness (QED) is 0.524. The third-order valence-corrected chi connectivity index (χ3v) is 6.40. The van der Waals surface area contributed by atoms with Crippen LogP contribution in [0, 0.1) is 29.1 Å². The number of aliphatic hydroxyl groups is 1. The summed E-state index contributed by atoms with van der Waals surface area (Å²) in [7, 11) is 0. The molecule has 3 saturated carbocycles. The zero-order chi connectivity index (χ0) is 13.7. The second-order valence-electron chi connectivity index (χ2n) is 7.03. The summed E-state index contributed by atoms with van der Waals surface area (Å²) in [5.41, 5.74) is -0.747. The highest BCUT2D eigenvalue weighted by atomic mass is 16.6. The van der Waals surface area contributed by atoms with Crippen LogP contribution in [-0.4, -0.2) is 28.6 Å². The molecule has 1 heterocycles. The van der Waals surface area contributed by atoms with Crippen molar-refractivity contribution in [2.75, 3.05) is 0 Å². The molecule has 3 aliphatic carbocycles. The fourth-order valence-electron chi connectivity index (χ4n) is 5.08. The van der Waals surface area contributed by atoms with Gasteiger partial charge in [-0.25, -0.2) is 4.79 Å². The average Bonchev–Trinajstić information content (AvgIpc) is 2.86. The third-order valence-electron chi connectivity index (χ3n) is 6.40. The Morgan fingerprint density at radius 2 is 2.11 bits per heavy atom. The Morgan fingerprint density at radius 1 is 1.42 bits per heavy atom. The summed E-state index contributed by atoms with van der Waals surface area (Å²) in [4.78, 5) is 23.9. The van der Waals surface area contributed by atoms with Crippen LogP contribution in [0.3, 0.4) is 0 Å². The topological polar surface area (TPSA) is 63.6 Å². The predicted octanol–water partition coefficient (Wildman–Crippen LogP) is 1.08. The van der Waals surface area contributed by atoms with Gasteiger partial charge < -0.3 is 9.84 Å². The zero-order valence-corrected chi connectivity index (χ0v) is 11.2. The van der Waals surface area contributed by atoms with Crippen LogP contribution >= 0.6 is 0 Å². The Morgan fingerprint density at radius 3 is 2.79 bits per heavy atom. The number of ketones is 1. The van der Waals surface area contributed by atoms with E-state index in [0.29, 0.717) is 17.9 Å². The molecule has 19 heavy (non-hydrogen) atoms. The minimum absolute atomic E-state index is 0.0345. The van der Waals surface area contributed by atoms with Gasteiger partial charge in [-0.05, 0) is 17.8 Å². The predicted molar refractivity (Wildman–Crippen MR) is 66.0 cm³/mol. The molecule has 0 aromatic rings. The minimum atomic E-state index is -1.20. The van der Waals surface area contributed by atoms with Crippen molar-refractivity contribution in [2.45, 2.75) is 38.4 Å². The van der Waals surface area contributed by atoms with Gasteiger partial charge in [0.25, 0.3) is 0 Å². The molecule has 4 nitrogen and oxygen atoms in total. The number of esters is 1. The van der Waals surface area contributed by atoms with E-state index in [-0.39, 0.29) is 23.0 Å². The van der Waals surface area contributed by atoms with Crippen molar-refractivity contribution in [1.82, 2.24) is 0 Å². The fourth-order valence-corrected chi connectivity index (χ4v) is 5.08. The first-order valence-electron chi connectivity index (χ1n) is 6.96. The highest BCUT2D eigenvalue weighted by Gasteiger charge is 2.78. The molecule has 0 bridgehead atoms. The van der Waals surface area contributed by atoms with Crippen molar-refractivity contribution < 1.29 is 19.4 Å². The second kappa shape index (κ2) is 2.95. The van der Waals surface area contributed by atoms with Crippen LogP contribution in [0.1, 0.15) is 26.7 Å². The van der Waals surface area contributed by atoms with Crippen molar-refractivity contribution in [1.29, 1.82) is 0 Å². The first-order chi connectivity index (χ1) is 8.81. The van der Waals surface area contributed by atoms with Crippen LogP contribution in [0.15, 0.2) is 12.2 Å². The molecular weight excluding hydrogens is 244 g/mol. The normalized spacial score (nSPS) is 58.5. The van der Waals surface area contributed by atoms with Crippen molar-refractivity contribution >= 4 is 11.8 Å². The molecule has 0 radical (unpaired) electrons. The van der Waals surface area contributed by atoms with Gasteiger partial charge in [0, 0.05) is 29.7 Å². The van der Waals surface area contributed by atoms with E-state index in [1.807, 2.05) is 0 Å². The van der Waals surface area contributed by atoms with Gasteiger partial charge >= 0.3 is 5.97 Å². The lowest BCUT2D eigenvalue weighted by molar-refractivity contribution is -0.185. The molecule has 0 spiro atoms. The van der Waals surface area contributed by atoms with Crippen LogP contribution in [0.25, 0.3) is 0 Å². The van der Waals surface area contributed by atoms with E-state index in [4.69, 9.17) is 4.74 Å². The smallest absolute Gasteiger partial charge is 0.334 e. The molecule has 0 amide bonds. The van der Waals surface area contributed by atoms with Crippen LogP contribution in [0.2, 0.25) is 0 Å². The molecule has 1 saturated heterocycles. The standard InChI is InChI=1S/C15H18O4/c1-6-11-8-5-14(8,3)10-4-9(16)7(2)15(10,18)12(11)19-13(6)17/h7-8,10-12,18H,1,4-5H2,2-3H3. The van der Waals surface area contributed by atoms with Crippen molar-refractivity contribution in [3.8, 4) is 0 Å². The summed E-state index contributed by atoms with van der Waals surface area (Å²) in [5.74, 6) is -0.611. The number of rotatable bonds is 0. The Labute approximate surface area is 111 Å². The van der Waals surface area contributed by atoms with Gasteiger partial charge in [-0.15, -0.1) is 0 Å². The Bertz CT molecular complexity index is 538. The third kappa shape index (κ3) is 1.04. The lowest BCUT2D eigenvalue weighted by atomic mass is 9.62. The lowest BCUT2D eigenvalue weighted by Gasteiger charge is -2.46. The Balaban J connectivity index is 1.88. The lowest BCUT2D eigenvalue weighted by Crippen LogP contribution is -2.58. The maximum absolute atomic E-state index is 12.1. The number of hydrogen-bond acceptors (Lipinski definition) is 4. The largest absolute Gasteiger partial charge is 0.455 e. The molecule has 7 atom stereocenters. The SMILES string of the molecule is C=C1C(=O)OC2C1C1CC1(C)C1CC(=O)C(C)C21O. The summed E-state index contributed by atoms with van der Waals surface area (Å²) in [5, 5.41) is 11.2. The molecule has 4 fully saturated rings. The Hall–Kier alpha value is -1.16. The fraction of sp³-hybridized carbons (Fsp3) is 0.733. The number of hydrogen-bond donors (Lipinski definition) is 1. The van der Waals surface area contributed by atoms with Crippen molar-refractivity contribution in [3.63, 3.8) is 0 Å². The maximum atomic E-state index is 12.1. The molecule has 4 heteroatoms. The first-order valence-corrected chi connectivity index (χ1v) is 6.96. The maximum Gasteiger partial charge on any atom is 0.334 e. The average molecular weight is 262 g/mol. The number of carbonyl (C=O) groups is 2. The van der Waals surface area contributed by atoms with Crippen LogP contribution in [0.5, 0.6) is 0 Å². The van der Waals surface area contributed by atoms with E-state index in [1.165, 1.54) is 0 Å². The van der Waals surface area contributed by atoms with Gasteiger partial charge in [-0.3, -0.25) is 4.79 Å². The number of ether oxygens (including phenoxy) is 1. The highest BCUT2D eigenvalue weighted by Crippen LogP contribution is 2.74. The van der Waals surface area contributed by atoms with Crippen molar-refractivity contribution in [2.24, 2.45) is 29.1 Å². The summed E-state index contributed by atoms with van der Waals surface area (Å²) >= 11 is 0. The summed E-state index contributed by atoms with van der Waals surface area (Å²) in [6.45, 7) is 7.74. The number of Topliss-reactive ketones (excluding diaryl/α,β-unsaturated/α-hetero) is 1. The molecule has 7 unspecified atom stereocenters. The summed E-state index contributed by atoms with van der Waals surface area (Å²) in [6, 6.07) is 0. The van der Waals surface area contributed by atoms with Crippen LogP contribution in [0.4, 0.5) is 0 Å². The number of fused-ring (bicyclic) bond motifs is 6. The van der Waals surface area contributed by atoms with E-state index in [1.54, 1.807) is 6.92 Å². The molecular formula is C15H18O4. The minimum Gasteiger partial charge on any atom is -0.455 e. The van der Waals surface area contributed by atoms with Gasteiger partial charge in [0.2, 0.25) is 0 Å². The molecule has 0 aromatic carbocycles. The molecule has 1 aliphatic heterocycles. The molecule has 0 aromatic heterocycles. The molecule has 4 aliphatic rings. The van der Waals surface area contributed by atoms with Gasteiger partial charge in [0.1, 0.15) is 17.5 Å². The van der Waals surface area contributed by atoms with E-state index in [0.717, 1.165) is 6.42 Å². The number of carbonyl (C=O) groups excluding carboxylic acids is 2. The molecule has 102 valence electrons. The monoisotopic (exact) mass is 262 g/mol. The van der Waals surface area contributed by atoms with Gasteiger partial charge in [-0.1, -0.05) is 20.4 Å². The van der Waals surface area contributed by atoms with Gasteiger partial charge in [0.05, 0.1) is 0 Å². The summed E-state index contributed by atoms with van der Waals surface area (Å²) < 4.78 is 5.41. The highest BCUT2D eigenvalue weighted by molar-refractivity contribution is 5.92. The first kappa shape index (κ1) is 11.6. The molecule has 4 rings (SSSR count). The molecule has 1 N–H and O–H groups in total. The second-order valence-corrected chi connectivity index (χ2v) is 7.03. The zero-order valence-electron chi connectivity index (χ0n) is 11.2. The van der Waals surface area contributed by atoms with E-state index < -0.39 is 23.6 Å². The van der Waals surface area contributed by atoms with Gasteiger partial charge in [0.15, 0.2) is 0 Å². The van der Waals surface area contributed by atoms with Crippen molar-refractivity contribution in [3.05, 3.63) is 12.2 Å². The van der Waals surface area contributed by atoms with E-state index >= 15 is 0 Å². The van der Waals surface area contributed by atoms with Gasteiger partial charge in [-0.2, -0.15) is 0 Å².